The average molecular weight is 436 g/mol. The van der Waals surface area contributed by atoms with Gasteiger partial charge in [-0.05, 0) is 64.3 Å². The predicted octanol–water partition coefficient (Wildman–Crippen LogP) is 3.51. The summed E-state index contributed by atoms with van der Waals surface area (Å²) in [6.07, 6.45) is 3.87. The van der Waals surface area contributed by atoms with E-state index in [4.69, 9.17) is 4.74 Å². The average Bonchev–Trinajstić information content (AvgIpc) is 3.25. The van der Waals surface area contributed by atoms with Gasteiger partial charge in [-0.25, -0.2) is 4.79 Å². The van der Waals surface area contributed by atoms with Crippen molar-refractivity contribution in [2.24, 2.45) is 5.92 Å². The molecule has 0 radical (unpaired) electrons. The van der Waals surface area contributed by atoms with Gasteiger partial charge in [-0.15, -0.1) is 11.3 Å². The first-order valence-corrected chi connectivity index (χ1v) is 11.7. The molecule has 1 unspecified atom stereocenters. The molecule has 0 aromatic carbocycles. The van der Waals surface area contributed by atoms with Crippen LogP contribution in [0.25, 0.3) is 0 Å². The molecule has 2 aliphatic heterocycles. The van der Waals surface area contributed by atoms with Crippen molar-refractivity contribution in [3.63, 3.8) is 0 Å². The number of hydrogen-bond donors (Lipinski definition) is 1. The maximum atomic E-state index is 13.2. The molecule has 0 bridgehead atoms. The van der Waals surface area contributed by atoms with Crippen LogP contribution in [0.15, 0.2) is 17.5 Å². The van der Waals surface area contributed by atoms with Crippen molar-refractivity contribution < 1.29 is 19.1 Å². The minimum Gasteiger partial charge on any atom is -0.444 e. The first kappa shape index (κ1) is 22.6. The molecule has 166 valence electrons. The molecule has 3 amide bonds. The highest BCUT2D eigenvalue weighted by molar-refractivity contribution is 7.12. The summed E-state index contributed by atoms with van der Waals surface area (Å²) in [5.41, 5.74) is -0.541. The quantitative estimate of drug-likeness (QED) is 0.785. The van der Waals surface area contributed by atoms with Crippen LogP contribution in [0.1, 0.15) is 62.5 Å². The van der Waals surface area contributed by atoms with E-state index in [1.807, 2.05) is 48.1 Å². The third kappa shape index (κ3) is 5.97. The first-order chi connectivity index (χ1) is 14.2. The molecule has 3 heterocycles. The standard InChI is InChI=1S/C22H33N3O4S/c1-22(2,3)29-21(28)23-15-17-7-4-5-11-25(17)19(26)16-9-12-24(13-10-16)20(27)18-8-6-14-30-18/h6,8,14,16-17H,4-5,7,9-13,15H2,1-3H3,(H,23,28). The van der Waals surface area contributed by atoms with Crippen molar-refractivity contribution in [3.05, 3.63) is 22.4 Å². The molecule has 7 nitrogen and oxygen atoms in total. The number of carbonyl (C=O) groups is 3. The van der Waals surface area contributed by atoms with E-state index in [2.05, 4.69) is 5.32 Å². The Kier molecular flexibility index (Phi) is 7.39. The van der Waals surface area contributed by atoms with Crippen LogP contribution >= 0.6 is 11.3 Å². The highest BCUT2D eigenvalue weighted by atomic mass is 32.1. The molecule has 30 heavy (non-hydrogen) atoms. The second kappa shape index (κ2) is 9.81. The Morgan fingerprint density at radius 2 is 1.87 bits per heavy atom. The Balaban J connectivity index is 1.51. The fraction of sp³-hybridized carbons (Fsp3) is 0.682. The Labute approximate surface area is 182 Å². The molecule has 1 atom stereocenters. The van der Waals surface area contributed by atoms with Crippen molar-refractivity contribution >= 4 is 29.2 Å². The van der Waals surface area contributed by atoms with E-state index in [9.17, 15) is 14.4 Å². The highest BCUT2D eigenvalue weighted by Crippen LogP contribution is 2.26. The molecule has 1 N–H and O–H groups in total. The third-order valence-corrected chi connectivity index (χ3v) is 6.51. The van der Waals surface area contributed by atoms with Crippen LogP contribution in [0.5, 0.6) is 0 Å². The van der Waals surface area contributed by atoms with E-state index in [0.29, 0.717) is 32.5 Å². The Hall–Kier alpha value is -2.09. The number of carbonyl (C=O) groups excluding carboxylic acids is 3. The van der Waals surface area contributed by atoms with E-state index >= 15 is 0 Å². The second-order valence-corrected chi connectivity index (χ2v) is 10.1. The van der Waals surface area contributed by atoms with E-state index in [1.54, 1.807) is 0 Å². The van der Waals surface area contributed by atoms with E-state index in [0.717, 1.165) is 30.7 Å². The van der Waals surface area contributed by atoms with Gasteiger partial charge in [0.15, 0.2) is 0 Å². The van der Waals surface area contributed by atoms with Crippen molar-refractivity contribution in [1.29, 1.82) is 0 Å². The summed E-state index contributed by atoms with van der Waals surface area (Å²) in [6, 6.07) is 3.74. The topological polar surface area (TPSA) is 79.0 Å². The van der Waals surface area contributed by atoms with Crippen LogP contribution in [-0.4, -0.2) is 65.5 Å². The minimum absolute atomic E-state index is 0.00421. The smallest absolute Gasteiger partial charge is 0.407 e. The van der Waals surface area contributed by atoms with Crippen molar-refractivity contribution in [1.82, 2.24) is 15.1 Å². The number of hydrogen-bond acceptors (Lipinski definition) is 5. The lowest BCUT2D eigenvalue weighted by atomic mass is 9.92. The number of alkyl carbamates (subject to hydrolysis) is 1. The van der Waals surface area contributed by atoms with Gasteiger partial charge < -0.3 is 19.9 Å². The van der Waals surface area contributed by atoms with Gasteiger partial charge in [-0.3, -0.25) is 9.59 Å². The summed E-state index contributed by atoms with van der Waals surface area (Å²) in [5, 5.41) is 4.74. The number of rotatable bonds is 4. The molecule has 2 fully saturated rings. The van der Waals surface area contributed by atoms with E-state index < -0.39 is 11.7 Å². The van der Waals surface area contributed by atoms with Crippen molar-refractivity contribution in [2.45, 2.75) is 64.5 Å². The number of amides is 3. The summed E-state index contributed by atoms with van der Waals surface area (Å²) < 4.78 is 5.32. The fourth-order valence-electron chi connectivity index (χ4n) is 4.14. The number of nitrogens with zero attached hydrogens (tertiary/aromatic N) is 2. The zero-order valence-corrected chi connectivity index (χ0v) is 19.0. The zero-order valence-electron chi connectivity index (χ0n) is 18.2. The van der Waals surface area contributed by atoms with Crippen LogP contribution in [0.4, 0.5) is 4.79 Å². The summed E-state index contributed by atoms with van der Waals surface area (Å²) in [5.74, 6) is 0.168. The lowest BCUT2D eigenvalue weighted by molar-refractivity contribution is -0.140. The summed E-state index contributed by atoms with van der Waals surface area (Å²) in [6.45, 7) is 7.86. The first-order valence-electron chi connectivity index (χ1n) is 10.8. The predicted molar refractivity (Wildman–Crippen MR) is 117 cm³/mol. The Morgan fingerprint density at radius 1 is 1.13 bits per heavy atom. The van der Waals surface area contributed by atoms with Gasteiger partial charge in [0.05, 0.1) is 4.88 Å². The van der Waals surface area contributed by atoms with E-state index in [-0.39, 0.29) is 23.8 Å². The maximum absolute atomic E-state index is 13.2. The molecule has 2 saturated heterocycles. The van der Waals surface area contributed by atoms with Gasteiger partial charge in [0.1, 0.15) is 5.60 Å². The summed E-state index contributed by atoms with van der Waals surface area (Å²) in [4.78, 5) is 42.3. The van der Waals surface area contributed by atoms with E-state index in [1.165, 1.54) is 11.3 Å². The molecule has 0 aliphatic carbocycles. The molecule has 8 heteroatoms. The summed E-state index contributed by atoms with van der Waals surface area (Å²) in [7, 11) is 0. The maximum Gasteiger partial charge on any atom is 0.407 e. The van der Waals surface area contributed by atoms with Gasteiger partial charge in [0, 0.05) is 38.1 Å². The molecule has 3 rings (SSSR count). The Morgan fingerprint density at radius 3 is 2.50 bits per heavy atom. The minimum atomic E-state index is -0.541. The number of nitrogens with one attached hydrogen (secondary N) is 1. The van der Waals surface area contributed by atoms with Gasteiger partial charge in [-0.2, -0.15) is 0 Å². The third-order valence-electron chi connectivity index (χ3n) is 5.65. The summed E-state index contributed by atoms with van der Waals surface area (Å²) >= 11 is 1.45. The van der Waals surface area contributed by atoms with Gasteiger partial charge in [0.2, 0.25) is 5.91 Å². The van der Waals surface area contributed by atoms with Crippen LogP contribution in [-0.2, 0) is 9.53 Å². The van der Waals surface area contributed by atoms with Crippen molar-refractivity contribution in [3.8, 4) is 0 Å². The number of likely N-dealkylation sites (tertiary alicyclic amines) is 2. The van der Waals surface area contributed by atoms with Crippen LogP contribution in [0.2, 0.25) is 0 Å². The molecule has 0 saturated carbocycles. The largest absolute Gasteiger partial charge is 0.444 e. The zero-order chi connectivity index (χ0) is 21.7. The number of piperidine rings is 2. The van der Waals surface area contributed by atoms with Crippen LogP contribution in [0, 0.1) is 5.92 Å². The van der Waals surface area contributed by atoms with Crippen molar-refractivity contribution in [2.75, 3.05) is 26.2 Å². The molecule has 0 spiro atoms. The van der Waals surface area contributed by atoms with Crippen LogP contribution < -0.4 is 5.32 Å². The highest BCUT2D eigenvalue weighted by Gasteiger charge is 2.35. The molecule has 2 aliphatic rings. The van der Waals surface area contributed by atoms with Gasteiger partial charge >= 0.3 is 6.09 Å². The molecular formula is C22H33N3O4S. The van der Waals surface area contributed by atoms with Gasteiger partial charge in [-0.1, -0.05) is 6.07 Å². The van der Waals surface area contributed by atoms with Crippen LogP contribution in [0.3, 0.4) is 0 Å². The fourth-order valence-corrected chi connectivity index (χ4v) is 4.83. The lowest BCUT2D eigenvalue weighted by Gasteiger charge is -2.40. The number of thiophene rings is 1. The normalized spacial score (nSPS) is 20.7. The molecule has 1 aromatic rings. The molecule has 1 aromatic heterocycles. The SMILES string of the molecule is CC(C)(C)OC(=O)NCC1CCCCN1C(=O)C1CCN(C(=O)c2cccs2)CC1. The monoisotopic (exact) mass is 435 g/mol. The molecular weight excluding hydrogens is 402 g/mol. The second-order valence-electron chi connectivity index (χ2n) is 9.11. The lowest BCUT2D eigenvalue weighted by Crippen LogP contribution is -2.53. The number of ether oxygens (including phenoxy) is 1. The Bertz CT molecular complexity index is 736. The van der Waals surface area contributed by atoms with Gasteiger partial charge in [0.25, 0.3) is 5.91 Å².